The second-order valence-electron chi connectivity index (χ2n) is 9.63. The highest BCUT2D eigenvalue weighted by atomic mass is 16.6. The molecule has 0 aliphatic carbocycles. The first kappa shape index (κ1) is 26.4. The summed E-state index contributed by atoms with van der Waals surface area (Å²) in [6.45, 7) is 7.78. The molecule has 1 aromatic carbocycles. The van der Waals surface area contributed by atoms with Gasteiger partial charge in [-0.25, -0.2) is 9.59 Å². The Labute approximate surface area is 206 Å². The number of aryl methyl sites for hydroxylation is 1. The number of carbonyl (C=O) groups excluding carboxylic acids is 2. The van der Waals surface area contributed by atoms with E-state index in [9.17, 15) is 14.4 Å². The first-order valence-corrected chi connectivity index (χ1v) is 12.2. The summed E-state index contributed by atoms with van der Waals surface area (Å²) < 4.78 is 14.0. The predicted octanol–water partition coefficient (Wildman–Crippen LogP) is 2.85. The summed E-state index contributed by atoms with van der Waals surface area (Å²) in [6.07, 6.45) is 3.28. The van der Waals surface area contributed by atoms with Gasteiger partial charge in [0.25, 0.3) is 0 Å². The molecule has 35 heavy (non-hydrogen) atoms. The highest BCUT2D eigenvalue weighted by Gasteiger charge is 2.28. The number of nitrogens with zero attached hydrogens (tertiary/aromatic N) is 2. The topological polar surface area (TPSA) is 104 Å². The molecule has 190 valence electrons. The van der Waals surface area contributed by atoms with Crippen molar-refractivity contribution >= 4 is 23.0 Å². The standard InChI is InChI=1S/C26H36N4O5/c1-26(2,3)35-24(32)28-15-6-8-18-34-17-7-5-11-19-12-9-13-20-22(19)29(4)25(33)30(20)21-14-10-16-27-23(21)31/h9,12-13,21H,6-8,10,14-18H2,1-4H3,(H,27,31)(H,28,32). The van der Waals surface area contributed by atoms with Crippen LogP contribution in [0.5, 0.6) is 0 Å². The van der Waals surface area contributed by atoms with Gasteiger partial charge in [-0.15, -0.1) is 0 Å². The van der Waals surface area contributed by atoms with Crippen LogP contribution in [0.15, 0.2) is 23.0 Å². The minimum atomic E-state index is -0.496. The Balaban J connectivity index is 1.48. The molecule has 2 heterocycles. The molecule has 3 rings (SSSR count). The van der Waals surface area contributed by atoms with Crippen molar-refractivity contribution in [2.24, 2.45) is 7.05 Å². The van der Waals surface area contributed by atoms with E-state index in [0.29, 0.717) is 39.1 Å². The van der Waals surface area contributed by atoms with Crippen LogP contribution < -0.4 is 16.3 Å². The lowest BCUT2D eigenvalue weighted by atomic mass is 10.1. The second-order valence-corrected chi connectivity index (χ2v) is 9.63. The first-order valence-electron chi connectivity index (χ1n) is 12.2. The minimum Gasteiger partial charge on any atom is -0.444 e. The number of hydrogen-bond acceptors (Lipinski definition) is 5. The largest absolute Gasteiger partial charge is 0.444 e. The van der Waals surface area contributed by atoms with E-state index >= 15 is 0 Å². The van der Waals surface area contributed by atoms with Gasteiger partial charge in [-0.3, -0.25) is 13.9 Å². The van der Waals surface area contributed by atoms with E-state index in [-0.39, 0.29) is 11.6 Å². The Kier molecular flexibility index (Phi) is 8.99. The number of aromatic nitrogens is 2. The number of imidazole rings is 1. The molecule has 0 saturated carbocycles. The van der Waals surface area contributed by atoms with Gasteiger partial charge < -0.3 is 20.1 Å². The van der Waals surface area contributed by atoms with Crippen molar-refractivity contribution in [3.8, 4) is 11.8 Å². The minimum absolute atomic E-state index is 0.111. The van der Waals surface area contributed by atoms with Gasteiger partial charge >= 0.3 is 11.8 Å². The molecular weight excluding hydrogens is 448 g/mol. The van der Waals surface area contributed by atoms with Crippen molar-refractivity contribution in [2.45, 2.75) is 64.5 Å². The first-order chi connectivity index (χ1) is 16.7. The highest BCUT2D eigenvalue weighted by molar-refractivity contribution is 5.87. The van der Waals surface area contributed by atoms with Crippen molar-refractivity contribution in [2.75, 3.05) is 26.3 Å². The summed E-state index contributed by atoms with van der Waals surface area (Å²) in [5.74, 6) is 6.17. The maximum atomic E-state index is 13.0. The fraction of sp³-hybridized carbons (Fsp3) is 0.577. The number of nitrogens with one attached hydrogen (secondary N) is 2. The molecule has 1 aromatic heterocycles. The smallest absolute Gasteiger partial charge is 0.407 e. The van der Waals surface area contributed by atoms with Crippen molar-refractivity contribution in [3.63, 3.8) is 0 Å². The number of unbranched alkanes of at least 4 members (excludes halogenated alkanes) is 1. The monoisotopic (exact) mass is 484 g/mol. The van der Waals surface area contributed by atoms with E-state index in [4.69, 9.17) is 9.47 Å². The van der Waals surface area contributed by atoms with Crippen molar-refractivity contribution in [3.05, 3.63) is 34.2 Å². The summed E-state index contributed by atoms with van der Waals surface area (Å²) in [5, 5.41) is 5.58. The van der Waals surface area contributed by atoms with Crippen LogP contribution in [0.3, 0.4) is 0 Å². The van der Waals surface area contributed by atoms with Gasteiger partial charge in [-0.05, 0) is 58.6 Å². The van der Waals surface area contributed by atoms with Crippen LogP contribution in [0, 0.1) is 11.8 Å². The molecule has 0 bridgehead atoms. The Hall–Kier alpha value is -3.25. The van der Waals surface area contributed by atoms with E-state index in [1.54, 1.807) is 16.2 Å². The third-order valence-corrected chi connectivity index (χ3v) is 5.65. The number of amides is 2. The zero-order valence-electron chi connectivity index (χ0n) is 21.1. The van der Waals surface area contributed by atoms with E-state index < -0.39 is 17.7 Å². The molecule has 9 nitrogen and oxygen atoms in total. The quantitative estimate of drug-likeness (QED) is 0.443. The molecule has 0 radical (unpaired) electrons. The average Bonchev–Trinajstić information content (AvgIpc) is 3.05. The molecule has 9 heteroatoms. The third kappa shape index (κ3) is 7.12. The van der Waals surface area contributed by atoms with Crippen LogP contribution in [-0.4, -0.2) is 53.0 Å². The van der Waals surface area contributed by atoms with Crippen LogP contribution in [0.4, 0.5) is 4.79 Å². The lowest BCUT2D eigenvalue weighted by Crippen LogP contribution is -2.41. The number of fused-ring (bicyclic) bond motifs is 1. The van der Waals surface area contributed by atoms with Crippen LogP contribution >= 0.6 is 0 Å². The molecule has 1 atom stereocenters. The number of para-hydroxylation sites is 1. The molecule has 2 amide bonds. The van der Waals surface area contributed by atoms with Crippen LogP contribution in [-0.2, 0) is 21.3 Å². The zero-order valence-corrected chi connectivity index (χ0v) is 21.1. The lowest BCUT2D eigenvalue weighted by molar-refractivity contribution is -0.125. The second kappa shape index (κ2) is 11.9. The lowest BCUT2D eigenvalue weighted by Gasteiger charge is -2.22. The molecule has 1 saturated heterocycles. The molecule has 1 fully saturated rings. The molecule has 1 unspecified atom stereocenters. The molecule has 2 N–H and O–H groups in total. The summed E-state index contributed by atoms with van der Waals surface area (Å²) in [6, 6.07) is 5.13. The van der Waals surface area contributed by atoms with Crippen LogP contribution in [0.25, 0.3) is 11.0 Å². The Morgan fingerprint density at radius 2 is 2.03 bits per heavy atom. The number of carbonyl (C=O) groups is 2. The van der Waals surface area contributed by atoms with Gasteiger partial charge in [-0.2, -0.15) is 0 Å². The third-order valence-electron chi connectivity index (χ3n) is 5.65. The zero-order chi connectivity index (χ0) is 25.4. The van der Waals surface area contributed by atoms with Crippen molar-refractivity contribution < 1.29 is 19.1 Å². The van der Waals surface area contributed by atoms with Gasteiger partial charge in [0.1, 0.15) is 11.6 Å². The van der Waals surface area contributed by atoms with E-state index in [1.165, 1.54) is 0 Å². The van der Waals surface area contributed by atoms with Gasteiger partial charge in [-0.1, -0.05) is 17.9 Å². The van der Waals surface area contributed by atoms with E-state index in [2.05, 4.69) is 22.5 Å². The maximum Gasteiger partial charge on any atom is 0.407 e. The molecule has 1 aliphatic heterocycles. The number of alkyl carbamates (subject to hydrolysis) is 1. The Bertz CT molecular complexity index is 1160. The van der Waals surface area contributed by atoms with E-state index in [1.807, 2.05) is 39.0 Å². The average molecular weight is 485 g/mol. The van der Waals surface area contributed by atoms with Gasteiger partial charge in [0.2, 0.25) is 5.91 Å². The number of rotatable bonds is 8. The highest BCUT2D eigenvalue weighted by Crippen LogP contribution is 2.24. The van der Waals surface area contributed by atoms with Crippen LogP contribution in [0.2, 0.25) is 0 Å². The number of piperidine rings is 1. The predicted molar refractivity (Wildman–Crippen MR) is 134 cm³/mol. The summed E-state index contributed by atoms with van der Waals surface area (Å²) in [5.41, 5.74) is 1.51. The van der Waals surface area contributed by atoms with Crippen molar-refractivity contribution in [1.29, 1.82) is 0 Å². The normalized spacial score (nSPS) is 15.9. The maximum absolute atomic E-state index is 13.0. The fourth-order valence-corrected chi connectivity index (χ4v) is 4.06. The molecular formula is C26H36N4O5. The van der Waals surface area contributed by atoms with Crippen molar-refractivity contribution in [1.82, 2.24) is 19.8 Å². The summed E-state index contributed by atoms with van der Waals surface area (Å²) in [4.78, 5) is 36.9. The van der Waals surface area contributed by atoms with E-state index in [0.717, 1.165) is 35.9 Å². The van der Waals surface area contributed by atoms with Gasteiger partial charge in [0.15, 0.2) is 0 Å². The Morgan fingerprint density at radius 3 is 2.77 bits per heavy atom. The van der Waals surface area contributed by atoms with Crippen LogP contribution in [0.1, 0.15) is 64.5 Å². The Morgan fingerprint density at radius 1 is 1.23 bits per heavy atom. The molecule has 1 aliphatic rings. The number of ether oxygens (including phenoxy) is 2. The molecule has 2 aromatic rings. The SMILES string of the molecule is Cn1c(=O)n(C2CCCNC2=O)c2cccc(C#CCCOCCCCNC(=O)OC(C)(C)C)c21. The van der Waals surface area contributed by atoms with Gasteiger partial charge in [0, 0.05) is 33.2 Å². The summed E-state index contributed by atoms with van der Waals surface area (Å²) in [7, 11) is 1.72. The number of hydrogen-bond donors (Lipinski definition) is 2. The van der Waals surface area contributed by atoms with Gasteiger partial charge in [0.05, 0.1) is 23.2 Å². The summed E-state index contributed by atoms with van der Waals surface area (Å²) >= 11 is 0. The number of benzene rings is 1. The molecule has 0 spiro atoms. The fourth-order valence-electron chi connectivity index (χ4n) is 4.06.